The lowest BCUT2D eigenvalue weighted by atomic mass is 10.1. The lowest BCUT2D eigenvalue weighted by Gasteiger charge is -2.37. The first kappa shape index (κ1) is 11.7. The largest absolute Gasteiger partial charge is 0.363 e. The molecule has 1 aliphatic rings. The molecule has 0 saturated carbocycles. The summed E-state index contributed by atoms with van der Waals surface area (Å²) >= 11 is 5.29. The maximum absolute atomic E-state index is 5.29. The molecule has 1 rings (SSSR count). The maximum Gasteiger partial charge on any atom is 0.168 e. The maximum atomic E-state index is 5.29. The molecule has 0 bridgehead atoms. The van der Waals surface area contributed by atoms with Gasteiger partial charge in [0.25, 0.3) is 0 Å². The summed E-state index contributed by atoms with van der Waals surface area (Å²) < 4.78 is 0. The minimum Gasteiger partial charge on any atom is -0.363 e. The Morgan fingerprint density at radius 3 is 2.93 bits per heavy atom. The molecule has 1 unspecified atom stereocenters. The molecule has 1 aliphatic heterocycles. The van der Waals surface area contributed by atoms with Crippen molar-refractivity contribution in [1.82, 2.24) is 15.1 Å². The lowest BCUT2D eigenvalue weighted by Crippen LogP contribution is -2.50. The predicted octanol–water partition coefficient (Wildman–Crippen LogP) is 0.907. The second kappa shape index (κ2) is 5.51. The Kier molecular flexibility index (Phi) is 4.62. The molecule has 0 aromatic carbocycles. The average Bonchev–Trinajstić information content (AvgIpc) is 2.17. The van der Waals surface area contributed by atoms with Gasteiger partial charge in [-0.2, -0.15) is 0 Å². The molecule has 4 heteroatoms. The molecule has 0 amide bonds. The van der Waals surface area contributed by atoms with Crippen molar-refractivity contribution in [2.24, 2.45) is 0 Å². The second-order valence-electron chi connectivity index (χ2n) is 4.00. The highest BCUT2D eigenvalue weighted by molar-refractivity contribution is 7.80. The van der Waals surface area contributed by atoms with Crippen LogP contribution in [0.25, 0.3) is 0 Å². The van der Waals surface area contributed by atoms with Gasteiger partial charge in [0.2, 0.25) is 0 Å². The van der Waals surface area contributed by atoms with Crippen LogP contribution in [-0.4, -0.2) is 54.7 Å². The van der Waals surface area contributed by atoms with Gasteiger partial charge < -0.3 is 15.1 Å². The fourth-order valence-corrected chi connectivity index (χ4v) is 2.19. The minimum atomic E-state index is 0.584. The Morgan fingerprint density at radius 1 is 1.64 bits per heavy atom. The standard InChI is InChI=1S/C10H21N3S/c1-4-11-10(14)13(3)9-6-5-7-12(2)8-9/h9H,4-8H2,1-3H3,(H,11,14). The van der Waals surface area contributed by atoms with Gasteiger partial charge in [-0.1, -0.05) is 0 Å². The molecule has 1 N–H and O–H groups in total. The highest BCUT2D eigenvalue weighted by atomic mass is 32.1. The molecule has 0 aromatic rings. The van der Waals surface area contributed by atoms with Gasteiger partial charge >= 0.3 is 0 Å². The monoisotopic (exact) mass is 215 g/mol. The summed E-state index contributed by atoms with van der Waals surface area (Å²) in [5.74, 6) is 0. The minimum absolute atomic E-state index is 0.584. The van der Waals surface area contributed by atoms with E-state index in [-0.39, 0.29) is 0 Å². The number of rotatable bonds is 2. The van der Waals surface area contributed by atoms with Crippen LogP contribution in [0, 0.1) is 0 Å². The van der Waals surface area contributed by atoms with Crippen LogP contribution in [0.1, 0.15) is 19.8 Å². The van der Waals surface area contributed by atoms with Crippen LogP contribution in [0.4, 0.5) is 0 Å². The Morgan fingerprint density at radius 2 is 2.36 bits per heavy atom. The van der Waals surface area contributed by atoms with E-state index < -0.39 is 0 Å². The summed E-state index contributed by atoms with van der Waals surface area (Å²) in [6, 6.07) is 0.584. The molecule has 82 valence electrons. The number of hydrogen-bond donors (Lipinski definition) is 1. The highest BCUT2D eigenvalue weighted by Gasteiger charge is 2.22. The Balaban J connectivity index is 2.42. The van der Waals surface area contributed by atoms with Gasteiger partial charge in [0.05, 0.1) is 0 Å². The lowest BCUT2D eigenvalue weighted by molar-refractivity contribution is 0.181. The summed E-state index contributed by atoms with van der Waals surface area (Å²) in [5, 5.41) is 4.08. The van der Waals surface area contributed by atoms with E-state index in [2.05, 4.69) is 36.1 Å². The molecule has 1 fully saturated rings. The van der Waals surface area contributed by atoms with Crippen molar-refractivity contribution < 1.29 is 0 Å². The molecule has 3 nitrogen and oxygen atoms in total. The molecular weight excluding hydrogens is 194 g/mol. The van der Waals surface area contributed by atoms with Crippen LogP contribution in [-0.2, 0) is 0 Å². The smallest absolute Gasteiger partial charge is 0.168 e. The molecule has 14 heavy (non-hydrogen) atoms. The SMILES string of the molecule is CCNC(=S)N(C)C1CCCN(C)C1. The molecule has 0 aromatic heterocycles. The van der Waals surface area contributed by atoms with E-state index in [4.69, 9.17) is 12.2 Å². The molecule has 0 spiro atoms. The van der Waals surface area contributed by atoms with Gasteiger partial charge in [-0.15, -0.1) is 0 Å². The number of thiocarbonyl (C=S) groups is 1. The van der Waals surface area contributed by atoms with E-state index in [9.17, 15) is 0 Å². The van der Waals surface area contributed by atoms with E-state index >= 15 is 0 Å². The van der Waals surface area contributed by atoms with Gasteiger partial charge in [-0.3, -0.25) is 0 Å². The van der Waals surface area contributed by atoms with E-state index in [1.807, 2.05) is 0 Å². The number of likely N-dealkylation sites (N-methyl/N-ethyl adjacent to an activating group) is 2. The summed E-state index contributed by atoms with van der Waals surface area (Å²) in [4.78, 5) is 4.58. The summed E-state index contributed by atoms with van der Waals surface area (Å²) in [6.45, 7) is 5.33. The van der Waals surface area contributed by atoms with Crippen molar-refractivity contribution in [2.45, 2.75) is 25.8 Å². The van der Waals surface area contributed by atoms with E-state index in [0.29, 0.717) is 6.04 Å². The summed E-state index contributed by atoms with van der Waals surface area (Å²) in [5.41, 5.74) is 0. The van der Waals surface area contributed by atoms with Crippen LogP contribution in [0.3, 0.4) is 0 Å². The molecule has 1 atom stereocenters. The fourth-order valence-electron chi connectivity index (χ4n) is 1.90. The Bertz CT molecular complexity index is 196. The topological polar surface area (TPSA) is 18.5 Å². The summed E-state index contributed by atoms with van der Waals surface area (Å²) in [6.07, 6.45) is 2.53. The van der Waals surface area contributed by atoms with Crippen LogP contribution < -0.4 is 5.32 Å². The van der Waals surface area contributed by atoms with Gasteiger partial charge in [0, 0.05) is 26.2 Å². The van der Waals surface area contributed by atoms with E-state index in [0.717, 1.165) is 18.2 Å². The first-order valence-corrected chi connectivity index (χ1v) is 5.75. The Hall–Kier alpha value is -0.350. The van der Waals surface area contributed by atoms with Crippen LogP contribution in [0.5, 0.6) is 0 Å². The third kappa shape index (κ3) is 3.10. The van der Waals surface area contributed by atoms with E-state index in [1.54, 1.807) is 0 Å². The van der Waals surface area contributed by atoms with Gasteiger partial charge in [0.1, 0.15) is 0 Å². The van der Waals surface area contributed by atoms with Gasteiger partial charge in [0.15, 0.2) is 5.11 Å². The van der Waals surface area contributed by atoms with E-state index in [1.165, 1.54) is 19.4 Å². The summed E-state index contributed by atoms with van der Waals surface area (Å²) in [7, 11) is 4.27. The molecule has 1 saturated heterocycles. The first-order chi connectivity index (χ1) is 6.65. The first-order valence-electron chi connectivity index (χ1n) is 5.34. The number of nitrogens with one attached hydrogen (secondary N) is 1. The molecule has 0 aliphatic carbocycles. The second-order valence-corrected chi connectivity index (χ2v) is 4.39. The van der Waals surface area contributed by atoms with Gasteiger partial charge in [-0.25, -0.2) is 0 Å². The predicted molar refractivity (Wildman–Crippen MR) is 64.6 cm³/mol. The molecule has 1 heterocycles. The van der Waals surface area contributed by atoms with Crippen LogP contribution in [0.15, 0.2) is 0 Å². The molecular formula is C10H21N3S. The van der Waals surface area contributed by atoms with Crippen LogP contribution >= 0.6 is 12.2 Å². The zero-order chi connectivity index (χ0) is 10.6. The number of likely N-dealkylation sites (tertiary alicyclic amines) is 1. The van der Waals surface area contributed by atoms with Crippen molar-refractivity contribution >= 4 is 17.3 Å². The van der Waals surface area contributed by atoms with Crippen molar-refractivity contribution in [3.63, 3.8) is 0 Å². The van der Waals surface area contributed by atoms with Crippen molar-refractivity contribution in [3.8, 4) is 0 Å². The number of piperidine rings is 1. The average molecular weight is 215 g/mol. The van der Waals surface area contributed by atoms with Crippen LogP contribution in [0.2, 0.25) is 0 Å². The van der Waals surface area contributed by atoms with Crippen molar-refractivity contribution in [1.29, 1.82) is 0 Å². The van der Waals surface area contributed by atoms with Crippen molar-refractivity contribution in [3.05, 3.63) is 0 Å². The van der Waals surface area contributed by atoms with Gasteiger partial charge in [-0.05, 0) is 45.6 Å². The highest BCUT2D eigenvalue weighted by Crippen LogP contribution is 2.13. The quantitative estimate of drug-likeness (QED) is 0.690. The Labute approximate surface area is 92.4 Å². The zero-order valence-corrected chi connectivity index (χ0v) is 10.2. The fraction of sp³-hybridized carbons (Fsp3) is 0.900. The normalized spacial score (nSPS) is 23.2. The van der Waals surface area contributed by atoms with Crippen molar-refractivity contribution in [2.75, 3.05) is 33.7 Å². The molecule has 0 radical (unpaired) electrons. The zero-order valence-electron chi connectivity index (χ0n) is 9.42. The number of hydrogen-bond acceptors (Lipinski definition) is 2. The third-order valence-corrected chi connectivity index (χ3v) is 3.23. The third-order valence-electron chi connectivity index (χ3n) is 2.80. The number of nitrogens with zero attached hydrogens (tertiary/aromatic N) is 2.